The summed E-state index contributed by atoms with van der Waals surface area (Å²) in [5.74, 6) is -1.72. The quantitative estimate of drug-likeness (QED) is 0.899. The van der Waals surface area contributed by atoms with Crippen LogP contribution in [0.1, 0.15) is 37.4 Å². The van der Waals surface area contributed by atoms with Crippen LogP contribution in [0.15, 0.2) is 6.20 Å². The fraction of sp³-hybridized carbons (Fsp3) is 0.867. The lowest BCUT2D eigenvalue weighted by Crippen LogP contribution is -2.45. The van der Waals surface area contributed by atoms with Crippen molar-refractivity contribution >= 4 is 0 Å². The SMILES string of the molecule is FC1(F)CC(Cn2cc(C(C3CC3)N3CCNCC3)nn2)C1. The van der Waals surface area contributed by atoms with E-state index in [1.807, 2.05) is 6.20 Å². The van der Waals surface area contributed by atoms with Crippen LogP contribution in [0.4, 0.5) is 8.78 Å². The maximum absolute atomic E-state index is 12.9. The number of hydrogen-bond acceptors (Lipinski definition) is 4. The molecule has 2 heterocycles. The number of nitrogens with zero attached hydrogens (tertiary/aromatic N) is 4. The smallest absolute Gasteiger partial charge is 0.248 e. The van der Waals surface area contributed by atoms with Gasteiger partial charge in [-0.25, -0.2) is 8.78 Å². The van der Waals surface area contributed by atoms with Crippen LogP contribution in [0, 0.1) is 11.8 Å². The Kier molecular flexibility index (Phi) is 3.64. The van der Waals surface area contributed by atoms with Gasteiger partial charge in [0.15, 0.2) is 0 Å². The first-order valence-electron chi connectivity index (χ1n) is 8.33. The van der Waals surface area contributed by atoms with Gasteiger partial charge in [0.1, 0.15) is 5.69 Å². The van der Waals surface area contributed by atoms with Crippen molar-refractivity contribution in [3.05, 3.63) is 11.9 Å². The second-order valence-corrected chi connectivity index (χ2v) is 7.06. The summed E-state index contributed by atoms with van der Waals surface area (Å²) in [5.41, 5.74) is 1.02. The highest BCUT2D eigenvalue weighted by molar-refractivity contribution is 5.08. The number of piperazine rings is 1. The highest BCUT2D eigenvalue weighted by atomic mass is 19.3. The van der Waals surface area contributed by atoms with Gasteiger partial charge in [0.2, 0.25) is 5.92 Å². The minimum Gasteiger partial charge on any atom is -0.314 e. The van der Waals surface area contributed by atoms with Crippen LogP contribution < -0.4 is 5.32 Å². The third kappa shape index (κ3) is 3.01. The fourth-order valence-electron chi connectivity index (χ4n) is 3.82. The molecule has 0 spiro atoms. The summed E-state index contributed by atoms with van der Waals surface area (Å²) in [6.07, 6.45) is 4.49. The van der Waals surface area contributed by atoms with Crippen LogP contribution in [-0.4, -0.2) is 52.0 Å². The molecule has 1 aromatic heterocycles. The van der Waals surface area contributed by atoms with Crippen LogP contribution in [0.3, 0.4) is 0 Å². The molecule has 4 rings (SSSR count). The van der Waals surface area contributed by atoms with Crippen LogP contribution >= 0.6 is 0 Å². The predicted molar refractivity (Wildman–Crippen MR) is 77.6 cm³/mol. The summed E-state index contributed by atoms with van der Waals surface area (Å²) in [4.78, 5) is 2.50. The highest BCUT2D eigenvalue weighted by Crippen LogP contribution is 2.45. The second kappa shape index (κ2) is 5.53. The first-order chi connectivity index (χ1) is 10.6. The molecule has 1 N–H and O–H groups in total. The second-order valence-electron chi connectivity index (χ2n) is 7.06. The van der Waals surface area contributed by atoms with E-state index in [4.69, 9.17) is 0 Å². The van der Waals surface area contributed by atoms with E-state index in [9.17, 15) is 8.78 Å². The third-order valence-corrected chi connectivity index (χ3v) is 5.09. The van der Waals surface area contributed by atoms with Crippen LogP contribution in [0.25, 0.3) is 0 Å². The zero-order valence-electron chi connectivity index (χ0n) is 12.7. The fourth-order valence-corrected chi connectivity index (χ4v) is 3.82. The standard InChI is InChI=1S/C15H23F2N5/c16-15(17)7-11(8-15)9-22-10-13(19-20-22)14(12-1-2-12)21-5-3-18-4-6-21/h10-12,14,18H,1-9H2. The first kappa shape index (κ1) is 14.5. The van der Waals surface area contributed by atoms with Crippen molar-refractivity contribution in [3.63, 3.8) is 0 Å². The number of nitrogens with one attached hydrogen (secondary N) is 1. The highest BCUT2D eigenvalue weighted by Gasteiger charge is 2.45. The van der Waals surface area contributed by atoms with Crippen LogP contribution in [0.2, 0.25) is 0 Å². The van der Waals surface area contributed by atoms with Crippen molar-refractivity contribution in [1.82, 2.24) is 25.2 Å². The number of aromatic nitrogens is 3. The predicted octanol–water partition coefficient (Wildman–Crippen LogP) is 1.68. The molecule has 0 aromatic carbocycles. The van der Waals surface area contributed by atoms with Gasteiger partial charge in [0, 0.05) is 45.6 Å². The molecule has 0 radical (unpaired) electrons. The Labute approximate surface area is 129 Å². The lowest BCUT2D eigenvalue weighted by Gasteiger charge is -2.34. The maximum Gasteiger partial charge on any atom is 0.248 e. The average Bonchev–Trinajstić information content (AvgIpc) is 3.19. The summed E-state index contributed by atoms with van der Waals surface area (Å²) < 4.78 is 27.6. The Bertz CT molecular complexity index is 514. The molecule has 5 nitrogen and oxygen atoms in total. The van der Waals surface area contributed by atoms with Crippen LogP contribution in [-0.2, 0) is 6.54 Å². The van der Waals surface area contributed by atoms with E-state index in [1.54, 1.807) is 4.68 Å². The summed E-state index contributed by atoms with van der Waals surface area (Å²) in [6, 6.07) is 0.360. The normalized spacial score (nSPS) is 27.5. The lowest BCUT2D eigenvalue weighted by molar-refractivity contribution is -0.114. The van der Waals surface area contributed by atoms with Gasteiger partial charge in [0.05, 0.1) is 12.2 Å². The van der Waals surface area contributed by atoms with E-state index in [-0.39, 0.29) is 18.8 Å². The summed E-state index contributed by atoms with van der Waals surface area (Å²) in [6.45, 7) is 4.70. The topological polar surface area (TPSA) is 46.0 Å². The molecule has 2 saturated carbocycles. The number of alkyl halides is 2. The van der Waals surface area contributed by atoms with Crippen molar-refractivity contribution in [3.8, 4) is 0 Å². The molecule has 7 heteroatoms. The molecule has 1 unspecified atom stereocenters. The summed E-state index contributed by atoms with van der Waals surface area (Å²) >= 11 is 0. The van der Waals surface area contributed by atoms with Gasteiger partial charge >= 0.3 is 0 Å². The van der Waals surface area contributed by atoms with Crippen molar-refractivity contribution < 1.29 is 8.78 Å². The van der Waals surface area contributed by atoms with E-state index in [1.165, 1.54) is 12.8 Å². The van der Waals surface area contributed by atoms with Crippen molar-refractivity contribution in [2.45, 2.75) is 44.2 Å². The largest absolute Gasteiger partial charge is 0.314 e. The number of halogens is 2. The first-order valence-corrected chi connectivity index (χ1v) is 8.33. The van der Waals surface area contributed by atoms with E-state index in [0.29, 0.717) is 18.5 Å². The molecule has 122 valence electrons. The van der Waals surface area contributed by atoms with Gasteiger partial charge in [-0.05, 0) is 24.7 Å². The minimum atomic E-state index is -2.45. The van der Waals surface area contributed by atoms with Gasteiger partial charge in [-0.15, -0.1) is 5.10 Å². The molecular weight excluding hydrogens is 288 g/mol. The Hall–Kier alpha value is -1.08. The third-order valence-electron chi connectivity index (χ3n) is 5.09. The van der Waals surface area contributed by atoms with Crippen molar-refractivity contribution in [2.24, 2.45) is 11.8 Å². The molecule has 1 atom stereocenters. The van der Waals surface area contributed by atoms with Gasteiger partial charge in [0.25, 0.3) is 0 Å². The minimum absolute atomic E-state index is 0.00790. The Morgan fingerprint density at radius 1 is 1.27 bits per heavy atom. The monoisotopic (exact) mass is 311 g/mol. The average molecular weight is 311 g/mol. The molecule has 1 aromatic rings. The molecular formula is C15H23F2N5. The molecule has 3 fully saturated rings. The van der Waals surface area contributed by atoms with Crippen molar-refractivity contribution in [1.29, 1.82) is 0 Å². The Morgan fingerprint density at radius 2 is 2.00 bits per heavy atom. The zero-order valence-corrected chi connectivity index (χ0v) is 12.7. The molecule has 22 heavy (non-hydrogen) atoms. The maximum atomic E-state index is 12.9. The molecule has 3 aliphatic rings. The van der Waals surface area contributed by atoms with Gasteiger partial charge in [-0.2, -0.15) is 0 Å². The van der Waals surface area contributed by atoms with Gasteiger partial charge in [-0.3, -0.25) is 9.58 Å². The van der Waals surface area contributed by atoms with E-state index >= 15 is 0 Å². The number of rotatable bonds is 5. The van der Waals surface area contributed by atoms with E-state index < -0.39 is 5.92 Å². The van der Waals surface area contributed by atoms with Gasteiger partial charge in [-0.1, -0.05) is 5.21 Å². The number of hydrogen-bond donors (Lipinski definition) is 1. The van der Waals surface area contributed by atoms with E-state index in [2.05, 4.69) is 20.5 Å². The Balaban J connectivity index is 1.42. The zero-order chi connectivity index (χ0) is 15.2. The molecule has 0 amide bonds. The molecule has 1 saturated heterocycles. The summed E-state index contributed by atoms with van der Waals surface area (Å²) in [7, 11) is 0. The van der Waals surface area contributed by atoms with E-state index in [0.717, 1.165) is 31.9 Å². The lowest BCUT2D eigenvalue weighted by atomic mass is 9.81. The molecule has 1 aliphatic heterocycles. The summed E-state index contributed by atoms with van der Waals surface area (Å²) in [5, 5.41) is 11.9. The van der Waals surface area contributed by atoms with Crippen LogP contribution in [0.5, 0.6) is 0 Å². The molecule has 0 bridgehead atoms. The Morgan fingerprint density at radius 3 is 2.64 bits per heavy atom. The molecule has 2 aliphatic carbocycles. The van der Waals surface area contributed by atoms with Crippen molar-refractivity contribution in [2.75, 3.05) is 26.2 Å². The van der Waals surface area contributed by atoms with Gasteiger partial charge < -0.3 is 5.32 Å².